The number of amides is 1. The molecule has 0 radical (unpaired) electrons. The number of fused-ring (bicyclic) bond motifs is 2. The van der Waals surface area contributed by atoms with E-state index in [0.29, 0.717) is 5.69 Å². The highest BCUT2D eigenvalue weighted by molar-refractivity contribution is 7.98. The Hall–Kier alpha value is -4.30. The predicted molar refractivity (Wildman–Crippen MR) is 148 cm³/mol. The van der Waals surface area contributed by atoms with Gasteiger partial charge in [-0.2, -0.15) is 5.10 Å². The van der Waals surface area contributed by atoms with Gasteiger partial charge in [0.2, 0.25) is 0 Å². The van der Waals surface area contributed by atoms with Gasteiger partial charge in [-0.05, 0) is 67.3 Å². The maximum Gasteiger partial charge on any atom is 0.287 e. The molecule has 2 aromatic heterocycles. The van der Waals surface area contributed by atoms with E-state index in [4.69, 9.17) is 4.74 Å². The van der Waals surface area contributed by atoms with Gasteiger partial charge < -0.3 is 15.0 Å². The highest BCUT2D eigenvalue weighted by Crippen LogP contribution is 2.32. The van der Waals surface area contributed by atoms with E-state index in [1.54, 1.807) is 25.1 Å². The predicted octanol–water partition coefficient (Wildman–Crippen LogP) is 6.26. The van der Waals surface area contributed by atoms with E-state index in [-0.39, 0.29) is 5.91 Å². The SMILES string of the molecule is COc1cccc2c(Nc3ccc4[nH]c(C(=O)N/N=C/c5ccc(SC)cc5)cc4c3)cc(C)nc12. The van der Waals surface area contributed by atoms with Gasteiger partial charge >= 0.3 is 0 Å². The lowest BCUT2D eigenvalue weighted by Crippen LogP contribution is -2.17. The number of benzene rings is 3. The maximum atomic E-state index is 12.6. The number of nitrogens with one attached hydrogen (secondary N) is 3. The Bertz CT molecular complexity index is 1590. The summed E-state index contributed by atoms with van der Waals surface area (Å²) < 4.78 is 5.49. The van der Waals surface area contributed by atoms with Crippen molar-refractivity contribution in [3.05, 3.63) is 89.7 Å². The smallest absolute Gasteiger partial charge is 0.287 e. The molecule has 0 aliphatic rings. The van der Waals surface area contributed by atoms with E-state index in [1.165, 1.54) is 4.90 Å². The lowest BCUT2D eigenvalue weighted by atomic mass is 10.1. The number of carbonyl (C=O) groups excluding carboxylic acids is 1. The van der Waals surface area contributed by atoms with Crippen LogP contribution in [0.2, 0.25) is 0 Å². The van der Waals surface area contributed by atoms with Gasteiger partial charge in [-0.15, -0.1) is 11.8 Å². The van der Waals surface area contributed by atoms with Gasteiger partial charge in [0.1, 0.15) is 17.0 Å². The molecular weight excluding hydrogens is 470 g/mol. The molecule has 0 unspecified atom stereocenters. The second-order valence-corrected chi connectivity index (χ2v) is 9.13. The number of hydrogen-bond acceptors (Lipinski definition) is 6. The van der Waals surface area contributed by atoms with Gasteiger partial charge in [-0.25, -0.2) is 10.4 Å². The molecule has 3 N–H and O–H groups in total. The molecular formula is C28H25N5O2S. The standard InChI is InChI=1S/C28H25N5O2S/c1-17-13-24(22-5-4-6-26(35-2)27(22)30-17)31-20-9-12-23-19(14-20)15-25(32-23)28(34)33-29-16-18-7-10-21(36-3)11-8-18/h4-16,32H,1-3H3,(H,30,31)(H,33,34)/b29-16+. The number of thioether (sulfide) groups is 1. The van der Waals surface area contributed by atoms with Crippen LogP contribution in [-0.2, 0) is 0 Å². The first-order valence-electron chi connectivity index (χ1n) is 11.4. The van der Waals surface area contributed by atoms with Crippen molar-refractivity contribution in [1.29, 1.82) is 0 Å². The highest BCUT2D eigenvalue weighted by Gasteiger charge is 2.11. The topological polar surface area (TPSA) is 91.4 Å². The van der Waals surface area contributed by atoms with Crippen LogP contribution >= 0.6 is 11.8 Å². The van der Waals surface area contributed by atoms with Gasteiger partial charge in [0.05, 0.1) is 13.3 Å². The van der Waals surface area contributed by atoms with Crippen molar-refractivity contribution in [3.63, 3.8) is 0 Å². The molecule has 0 aliphatic heterocycles. The van der Waals surface area contributed by atoms with Gasteiger partial charge in [0.15, 0.2) is 0 Å². The van der Waals surface area contributed by atoms with Gasteiger partial charge in [0.25, 0.3) is 5.91 Å². The molecule has 0 aliphatic carbocycles. The molecule has 180 valence electrons. The monoisotopic (exact) mass is 495 g/mol. The molecule has 2 heterocycles. The molecule has 0 spiro atoms. The fraction of sp³-hybridized carbons (Fsp3) is 0.107. The number of aromatic nitrogens is 2. The van der Waals surface area contributed by atoms with Crippen molar-refractivity contribution in [2.45, 2.75) is 11.8 Å². The third-order valence-corrected chi connectivity index (χ3v) is 6.53. The first-order chi connectivity index (χ1) is 17.5. The van der Waals surface area contributed by atoms with E-state index < -0.39 is 0 Å². The normalized spacial score (nSPS) is 11.3. The number of H-pyrrole nitrogens is 1. The maximum absolute atomic E-state index is 12.6. The zero-order valence-corrected chi connectivity index (χ0v) is 20.9. The van der Waals surface area contributed by atoms with E-state index in [2.05, 4.69) is 25.8 Å². The Labute approximate surface area is 213 Å². The Balaban J connectivity index is 1.34. The first-order valence-corrected chi connectivity index (χ1v) is 12.6. The Morgan fingerprint density at radius 2 is 1.92 bits per heavy atom. The number of anilines is 2. The lowest BCUT2D eigenvalue weighted by Gasteiger charge is -2.13. The molecule has 0 bridgehead atoms. The third-order valence-electron chi connectivity index (χ3n) is 5.79. The number of carbonyl (C=O) groups is 1. The zero-order valence-electron chi connectivity index (χ0n) is 20.1. The molecule has 5 aromatic rings. The van der Waals surface area contributed by atoms with E-state index in [9.17, 15) is 4.79 Å². The summed E-state index contributed by atoms with van der Waals surface area (Å²) in [6.45, 7) is 1.96. The largest absolute Gasteiger partial charge is 0.494 e. The van der Waals surface area contributed by atoms with Gasteiger partial charge in [-0.3, -0.25) is 4.79 Å². The molecule has 36 heavy (non-hydrogen) atoms. The third kappa shape index (κ3) is 4.89. The van der Waals surface area contributed by atoms with Crippen LogP contribution in [0.25, 0.3) is 21.8 Å². The fourth-order valence-corrected chi connectivity index (χ4v) is 4.43. The fourth-order valence-electron chi connectivity index (χ4n) is 4.02. The number of para-hydroxylation sites is 1. The Morgan fingerprint density at radius 3 is 2.69 bits per heavy atom. The van der Waals surface area contributed by atoms with Gasteiger partial charge in [-0.1, -0.05) is 24.3 Å². The second kappa shape index (κ2) is 10.1. The number of nitrogens with zero attached hydrogens (tertiary/aromatic N) is 2. The quantitative estimate of drug-likeness (QED) is 0.141. The van der Waals surface area contributed by atoms with Crippen LogP contribution in [0.3, 0.4) is 0 Å². The average Bonchev–Trinajstić information content (AvgIpc) is 3.32. The number of rotatable bonds is 7. The van der Waals surface area contributed by atoms with Crippen molar-refractivity contribution in [2.24, 2.45) is 5.10 Å². The minimum atomic E-state index is -0.305. The lowest BCUT2D eigenvalue weighted by molar-refractivity contribution is 0.0951. The molecule has 8 heteroatoms. The number of pyridine rings is 1. The first kappa shape index (κ1) is 23.4. The summed E-state index contributed by atoms with van der Waals surface area (Å²) in [6.07, 6.45) is 3.66. The van der Waals surface area contributed by atoms with Gasteiger partial charge in [0, 0.05) is 38.3 Å². The molecule has 1 amide bonds. The summed E-state index contributed by atoms with van der Waals surface area (Å²) in [5, 5.41) is 9.46. The van der Waals surface area contributed by atoms with Crippen molar-refractivity contribution in [2.75, 3.05) is 18.7 Å². The summed E-state index contributed by atoms with van der Waals surface area (Å²) in [6, 6.07) is 23.6. The van der Waals surface area contributed by atoms with E-state index >= 15 is 0 Å². The number of hydrogen-bond donors (Lipinski definition) is 3. The Morgan fingerprint density at radius 1 is 1.08 bits per heavy atom. The summed E-state index contributed by atoms with van der Waals surface area (Å²) in [5.41, 5.74) is 8.33. The zero-order chi connectivity index (χ0) is 25.1. The van der Waals surface area contributed by atoms with E-state index in [0.717, 1.165) is 50.2 Å². The molecule has 3 aromatic carbocycles. The second-order valence-electron chi connectivity index (χ2n) is 8.25. The number of aryl methyl sites for hydroxylation is 1. The molecule has 5 rings (SSSR count). The Kier molecular flexibility index (Phi) is 6.60. The number of ether oxygens (including phenoxy) is 1. The van der Waals surface area contributed by atoms with Crippen molar-refractivity contribution in [3.8, 4) is 5.75 Å². The van der Waals surface area contributed by atoms with Crippen molar-refractivity contribution < 1.29 is 9.53 Å². The molecule has 0 saturated heterocycles. The summed E-state index contributed by atoms with van der Waals surface area (Å²) in [7, 11) is 1.65. The molecule has 0 fully saturated rings. The molecule has 0 saturated carbocycles. The number of aromatic amines is 1. The minimum Gasteiger partial charge on any atom is -0.494 e. The highest BCUT2D eigenvalue weighted by atomic mass is 32.2. The van der Waals surface area contributed by atoms with Crippen LogP contribution < -0.4 is 15.5 Å². The van der Waals surface area contributed by atoms with E-state index in [1.807, 2.05) is 86.0 Å². The molecule has 0 atom stereocenters. The van der Waals surface area contributed by atoms with Crippen LogP contribution in [0.1, 0.15) is 21.7 Å². The number of methoxy groups -OCH3 is 1. The summed E-state index contributed by atoms with van der Waals surface area (Å²) >= 11 is 1.68. The average molecular weight is 496 g/mol. The van der Waals surface area contributed by atoms with Crippen molar-refractivity contribution in [1.82, 2.24) is 15.4 Å². The van der Waals surface area contributed by atoms with Crippen LogP contribution in [0, 0.1) is 6.92 Å². The molecule has 7 nitrogen and oxygen atoms in total. The summed E-state index contributed by atoms with van der Waals surface area (Å²) in [5.74, 6) is 0.427. The minimum absolute atomic E-state index is 0.305. The van der Waals surface area contributed by atoms with Crippen LogP contribution in [0.15, 0.2) is 82.8 Å². The van der Waals surface area contributed by atoms with Crippen LogP contribution in [0.4, 0.5) is 11.4 Å². The van der Waals surface area contributed by atoms with Crippen LogP contribution in [0.5, 0.6) is 5.75 Å². The van der Waals surface area contributed by atoms with Crippen LogP contribution in [-0.4, -0.2) is 35.5 Å². The van der Waals surface area contributed by atoms with Crippen molar-refractivity contribution >= 4 is 57.1 Å². The summed E-state index contributed by atoms with van der Waals surface area (Å²) in [4.78, 5) is 21.6. The number of hydrazone groups is 1.